The van der Waals surface area contributed by atoms with Gasteiger partial charge in [-0.3, -0.25) is 14.9 Å². The van der Waals surface area contributed by atoms with E-state index < -0.39 is 24.6 Å². The van der Waals surface area contributed by atoms with Crippen molar-refractivity contribution >= 4 is 29.7 Å². The zero-order valence-corrected chi connectivity index (χ0v) is 12.5. The van der Waals surface area contributed by atoms with Crippen LogP contribution in [0.15, 0.2) is 35.2 Å². The molecule has 1 N–H and O–H groups in total. The average Bonchev–Trinajstić information content (AvgIpc) is 2.46. The zero-order valence-electron chi connectivity index (χ0n) is 11.7. The Morgan fingerprint density at radius 1 is 1.14 bits per heavy atom. The van der Waals surface area contributed by atoms with E-state index in [1.807, 2.05) is 35.6 Å². The molecule has 6 nitrogen and oxygen atoms in total. The van der Waals surface area contributed by atoms with Gasteiger partial charge < -0.3 is 9.47 Å². The molecule has 0 saturated carbocycles. The summed E-state index contributed by atoms with van der Waals surface area (Å²) in [6, 6.07) is 9.65. The second-order valence-electron chi connectivity index (χ2n) is 3.84. The van der Waals surface area contributed by atoms with Gasteiger partial charge in [-0.1, -0.05) is 18.2 Å². The van der Waals surface area contributed by atoms with E-state index in [9.17, 15) is 14.4 Å². The van der Waals surface area contributed by atoms with Crippen LogP contribution in [0.25, 0.3) is 0 Å². The van der Waals surface area contributed by atoms with Gasteiger partial charge in [0.25, 0.3) is 5.91 Å². The van der Waals surface area contributed by atoms with E-state index >= 15 is 0 Å². The molecule has 0 bridgehead atoms. The van der Waals surface area contributed by atoms with Gasteiger partial charge in [0, 0.05) is 10.6 Å². The lowest BCUT2D eigenvalue weighted by Crippen LogP contribution is -2.34. The standard InChI is InChI=1S/C14H17NO5S/c1-2-19-14(18)15-12(16)10-20-13(17)8-9-21-11-6-4-3-5-7-11/h3-7H,2,8-10H2,1H3,(H,15,16,18). The smallest absolute Gasteiger partial charge is 0.413 e. The van der Waals surface area contributed by atoms with Crippen LogP contribution in [0.5, 0.6) is 0 Å². The van der Waals surface area contributed by atoms with E-state index in [0.717, 1.165) is 4.90 Å². The van der Waals surface area contributed by atoms with E-state index in [4.69, 9.17) is 4.74 Å². The highest BCUT2D eigenvalue weighted by Crippen LogP contribution is 2.17. The number of thioether (sulfide) groups is 1. The minimum Gasteiger partial charge on any atom is -0.456 e. The maximum Gasteiger partial charge on any atom is 0.413 e. The number of esters is 1. The molecule has 0 aliphatic rings. The zero-order chi connectivity index (χ0) is 15.5. The maximum absolute atomic E-state index is 11.4. The highest BCUT2D eigenvalue weighted by Gasteiger charge is 2.11. The third-order valence-electron chi connectivity index (χ3n) is 2.20. The lowest BCUT2D eigenvalue weighted by Gasteiger charge is -2.05. The summed E-state index contributed by atoms with van der Waals surface area (Å²) >= 11 is 1.52. The molecule has 0 radical (unpaired) electrons. The molecule has 21 heavy (non-hydrogen) atoms. The maximum atomic E-state index is 11.4. The van der Waals surface area contributed by atoms with E-state index in [-0.39, 0.29) is 13.0 Å². The van der Waals surface area contributed by atoms with Crippen LogP contribution in [-0.4, -0.2) is 36.9 Å². The molecule has 7 heteroatoms. The summed E-state index contributed by atoms with van der Waals surface area (Å²) < 4.78 is 9.27. The highest BCUT2D eigenvalue weighted by atomic mass is 32.2. The number of rotatable bonds is 7. The molecule has 0 spiro atoms. The van der Waals surface area contributed by atoms with Crippen molar-refractivity contribution in [3.05, 3.63) is 30.3 Å². The molecule has 1 aromatic carbocycles. The predicted molar refractivity (Wildman–Crippen MR) is 77.9 cm³/mol. The second-order valence-corrected chi connectivity index (χ2v) is 5.01. The van der Waals surface area contributed by atoms with Gasteiger partial charge in [-0.25, -0.2) is 4.79 Å². The van der Waals surface area contributed by atoms with Crippen molar-refractivity contribution in [2.75, 3.05) is 19.0 Å². The number of carbonyl (C=O) groups excluding carboxylic acids is 3. The summed E-state index contributed by atoms with van der Waals surface area (Å²) in [5.74, 6) is -0.641. The Balaban J connectivity index is 2.13. The van der Waals surface area contributed by atoms with Crippen LogP contribution in [0.3, 0.4) is 0 Å². The van der Waals surface area contributed by atoms with Crippen LogP contribution >= 0.6 is 11.8 Å². The van der Waals surface area contributed by atoms with Gasteiger partial charge in [0.15, 0.2) is 6.61 Å². The fourth-order valence-electron chi connectivity index (χ4n) is 1.30. The molecule has 0 atom stereocenters. The molecule has 2 amide bonds. The van der Waals surface area contributed by atoms with Gasteiger partial charge in [0.2, 0.25) is 0 Å². The number of benzene rings is 1. The van der Waals surface area contributed by atoms with E-state index in [1.54, 1.807) is 6.92 Å². The van der Waals surface area contributed by atoms with Crippen molar-refractivity contribution < 1.29 is 23.9 Å². The van der Waals surface area contributed by atoms with Crippen LogP contribution in [0.2, 0.25) is 0 Å². The fraction of sp³-hybridized carbons (Fsp3) is 0.357. The molecular weight excluding hydrogens is 294 g/mol. The summed E-state index contributed by atoms with van der Waals surface area (Å²) in [4.78, 5) is 34.6. The number of ether oxygens (including phenoxy) is 2. The first-order valence-electron chi connectivity index (χ1n) is 6.42. The topological polar surface area (TPSA) is 81.7 Å². The van der Waals surface area contributed by atoms with Crippen molar-refractivity contribution in [1.29, 1.82) is 0 Å². The average molecular weight is 311 g/mol. The number of carbonyl (C=O) groups is 3. The van der Waals surface area contributed by atoms with E-state index in [2.05, 4.69) is 4.74 Å². The molecule has 0 aliphatic heterocycles. The van der Waals surface area contributed by atoms with Crippen molar-refractivity contribution in [3.63, 3.8) is 0 Å². The summed E-state index contributed by atoms with van der Waals surface area (Å²) in [6.07, 6.45) is -0.662. The minimum atomic E-state index is -0.849. The quantitative estimate of drug-likeness (QED) is 0.612. The lowest BCUT2D eigenvalue weighted by atomic mass is 10.4. The van der Waals surface area contributed by atoms with Gasteiger partial charge in [0.1, 0.15) is 0 Å². The van der Waals surface area contributed by atoms with Crippen molar-refractivity contribution in [3.8, 4) is 0 Å². The Morgan fingerprint density at radius 3 is 2.52 bits per heavy atom. The molecule has 0 saturated heterocycles. The summed E-state index contributed by atoms with van der Waals surface area (Å²) in [6.45, 7) is 1.29. The molecular formula is C14H17NO5S. The van der Waals surface area contributed by atoms with E-state index in [1.165, 1.54) is 11.8 Å². The SMILES string of the molecule is CCOC(=O)NC(=O)COC(=O)CCSc1ccccc1. The van der Waals surface area contributed by atoms with E-state index in [0.29, 0.717) is 5.75 Å². The van der Waals surface area contributed by atoms with Crippen molar-refractivity contribution in [1.82, 2.24) is 5.32 Å². The van der Waals surface area contributed by atoms with Gasteiger partial charge in [-0.2, -0.15) is 0 Å². The molecule has 1 rings (SSSR count). The Kier molecular flexibility index (Phi) is 7.96. The van der Waals surface area contributed by atoms with Crippen LogP contribution in [-0.2, 0) is 19.1 Å². The first-order valence-corrected chi connectivity index (χ1v) is 7.40. The lowest BCUT2D eigenvalue weighted by molar-refractivity contribution is -0.147. The number of alkyl carbamates (subject to hydrolysis) is 1. The van der Waals surface area contributed by atoms with Crippen molar-refractivity contribution in [2.45, 2.75) is 18.2 Å². The number of imide groups is 1. The summed E-state index contributed by atoms with van der Waals surface area (Å²) in [5, 5.41) is 1.94. The predicted octanol–water partition coefficient (Wildman–Crippen LogP) is 1.98. The molecule has 114 valence electrons. The van der Waals surface area contributed by atoms with Gasteiger partial charge >= 0.3 is 12.1 Å². The second kappa shape index (κ2) is 9.82. The van der Waals surface area contributed by atoms with Gasteiger partial charge in [0.05, 0.1) is 13.0 Å². The Hall–Kier alpha value is -2.02. The van der Waals surface area contributed by atoms with Crippen LogP contribution in [0.4, 0.5) is 4.79 Å². The number of amides is 2. The van der Waals surface area contributed by atoms with Crippen LogP contribution in [0.1, 0.15) is 13.3 Å². The molecule has 0 heterocycles. The fourth-order valence-corrected chi connectivity index (χ4v) is 2.16. The Labute approximate surface area is 127 Å². The highest BCUT2D eigenvalue weighted by molar-refractivity contribution is 7.99. The molecule has 0 aromatic heterocycles. The third-order valence-corrected chi connectivity index (χ3v) is 3.21. The van der Waals surface area contributed by atoms with Gasteiger partial charge in [-0.15, -0.1) is 11.8 Å². The summed E-state index contributed by atoms with van der Waals surface area (Å²) in [5.41, 5.74) is 0. The normalized spacial score (nSPS) is 9.76. The van der Waals surface area contributed by atoms with Crippen LogP contribution in [0, 0.1) is 0 Å². The number of nitrogens with one attached hydrogen (secondary N) is 1. The first kappa shape index (κ1) is 17.0. The molecule has 1 aromatic rings. The van der Waals surface area contributed by atoms with Crippen molar-refractivity contribution in [2.24, 2.45) is 0 Å². The van der Waals surface area contributed by atoms with Crippen LogP contribution < -0.4 is 5.32 Å². The van der Waals surface area contributed by atoms with Gasteiger partial charge in [-0.05, 0) is 19.1 Å². The Morgan fingerprint density at radius 2 is 1.86 bits per heavy atom. The number of hydrogen-bond donors (Lipinski definition) is 1. The minimum absolute atomic E-state index is 0.162. The molecule has 0 unspecified atom stereocenters. The number of hydrogen-bond acceptors (Lipinski definition) is 6. The Bertz CT molecular complexity index is 478. The first-order chi connectivity index (χ1) is 10.1. The molecule has 0 aliphatic carbocycles. The largest absolute Gasteiger partial charge is 0.456 e. The third kappa shape index (κ3) is 7.98. The summed E-state index contributed by atoms with van der Waals surface area (Å²) in [7, 11) is 0. The molecule has 0 fully saturated rings. The monoisotopic (exact) mass is 311 g/mol.